The van der Waals surface area contributed by atoms with Crippen LogP contribution in [0.15, 0.2) is 17.1 Å². The number of ether oxygens (including phenoxy) is 1. The number of alkyl halides is 3. The van der Waals surface area contributed by atoms with Crippen molar-refractivity contribution in [2.45, 2.75) is 6.18 Å². The number of aromatic nitrogens is 1. The van der Waals surface area contributed by atoms with Crippen molar-refractivity contribution in [2.24, 2.45) is 7.05 Å². The van der Waals surface area contributed by atoms with Gasteiger partial charge in [-0.3, -0.25) is 4.79 Å². The Hall–Kier alpha value is -1.50. The van der Waals surface area contributed by atoms with E-state index in [0.717, 1.165) is 16.8 Å². The molecule has 0 aliphatic carbocycles. The Morgan fingerprint density at radius 1 is 1.53 bits per heavy atom. The van der Waals surface area contributed by atoms with Crippen LogP contribution in [-0.2, 0) is 11.8 Å². The zero-order chi connectivity index (χ0) is 13.2. The molecule has 94 valence electrons. The molecule has 0 N–H and O–H groups in total. The Labute approximate surface area is 98.6 Å². The molecule has 0 amide bonds. The van der Waals surface area contributed by atoms with Gasteiger partial charge in [0.2, 0.25) is 0 Å². The monoisotopic (exact) mass is 269 g/mol. The molecule has 1 aromatic heterocycles. The maximum absolute atomic E-state index is 11.8. The van der Waals surface area contributed by atoms with E-state index in [9.17, 15) is 22.8 Å². The third-order valence-electron chi connectivity index (χ3n) is 1.74. The first-order chi connectivity index (χ1) is 7.70. The number of esters is 1. The molecule has 0 atom stereocenters. The van der Waals surface area contributed by atoms with Crippen molar-refractivity contribution in [2.75, 3.05) is 6.61 Å². The van der Waals surface area contributed by atoms with E-state index >= 15 is 0 Å². The number of carbonyl (C=O) groups is 1. The summed E-state index contributed by atoms with van der Waals surface area (Å²) in [6, 6.07) is 0.961. The largest absolute Gasteiger partial charge is 0.452 e. The van der Waals surface area contributed by atoms with E-state index in [2.05, 4.69) is 4.74 Å². The molecule has 0 spiro atoms. The molecule has 0 saturated heterocycles. The van der Waals surface area contributed by atoms with Gasteiger partial charge in [0.15, 0.2) is 6.61 Å². The lowest BCUT2D eigenvalue weighted by Crippen LogP contribution is -2.23. The van der Waals surface area contributed by atoms with Crippen molar-refractivity contribution >= 4 is 17.6 Å². The Balaban J connectivity index is 2.87. The number of pyridine rings is 1. The smallest absolute Gasteiger partial charge is 0.422 e. The summed E-state index contributed by atoms with van der Waals surface area (Å²) >= 11 is 5.49. The Kier molecular flexibility index (Phi) is 3.82. The van der Waals surface area contributed by atoms with Crippen molar-refractivity contribution < 1.29 is 22.7 Å². The van der Waals surface area contributed by atoms with Gasteiger partial charge in [0, 0.05) is 13.2 Å². The first-order valence-corrected chi connectivity index (χ1v) is 4.68. The van der Waals surface area contributed by atoms with Crippen molar-refractivity contribution in [1.29, 1.82) is 0 Å². The lowest BCUT2D eigenvalue weighted by molar-refractivity contribution is -0.161. The minimum Gasteiger partial charge on any atom is -0.452 e. The van der Waals surface area contributed by atoms with Gasteiger partial charge in [-0.2, -0.15) is 13.2 Å². The van der Waals surface area contributed by atoms with Gasteiger partial charge >= 0.3 is 12.1 Å². The van der Waals surface area contributed by atoms with E-state index in [1.807, 2.05) is 0 Å². The number of carbonyl (C=O) groups excluding carboxylic acids is 1. The van der Waals surface area contributed by atoms with Crippen LogP contribution < -0.4 is 5.56 Å². The highest BCUT2D eigenvalue weighted by Gasteiger charge is 2.30. The molecule has 0 fully saturated rings. The van der Waals surface area contributed by atoms with Crippen LogP contribution in [0.5, 0.6) is 0 Å². The highest BCUT2D eigenvalue weighted by atomic mass is 35.5. The zero-order valence-corrected chi connectivity index (χ0v) is 9.30. The molecule has 0 radical (unpaired) electrons. The first-order valence-electron chi connectivity index (χ1n) is 4.31. The highest BCUT2D eigenvalue weighted by molar-refractivity contribution is 6.30. The van der Waals surface area contributed by atoms with E-state index in [0.29, 0.717) is 0 Å². The van der Waals surface area contributed by atoms with Crippen molar-refractivity contribution in [3.63, 3.8) is 0 Å². The summed E-state index contributed by atoms with van der Waals surface area (Å²) in [5.41, 5.74) is -0.777. The summed E-state index contributed by atoms with van der Waals surface area (Å²) in [7, 11) is 1.31. The molecule has 1 rings (SSSR count). The standard InChI is InChI=1S/C9H7ClF3NO3/c1-14-3-5(2-6(10)7(14)15)8(16)17-4-9(11,12)13/h2-3H,4H2,1H3. The van der Waals surface area contributed by atoms with Crippen LogP contribution in [0.25, 0.3) is 0 Å². The van der Waals surface area contributed by atoms with Gasteiger partial charge in [-0.25, -0.2) is 4.79 Å². The van der Waals surface area contributed by atoms with Crippen LogP contribution in [0.2, 0.25) is 5.02 Å². The van der Waals surface area contributed by atoms with Crippen LogP contribution >= 0.6 is 11.6 Å². The molecule has 0 aliphatic rings. The van der Waals surface area contributed by atoms with Gasteiger partial charge < -0.3 is 9.30 Å². The molecule has 0 saturated carbocycles. The Morgan fingerprint density at radius 2 is 2.12 bits per heavy atom. The van der Waals surface area contributed by atoms with Crippen LogP contribution in [0.3, 0.4) is 0 Å². The van der Waals surface area contributed by atoms with Gasteiger partial charge in [-0.05, 0) is 6.07 Å². The van der Waals surface area contributed by atoms with E-state index in [1.165, 1.54) is 7.05 Å². The second kappa shape index (κ2) is 4.79. The quantitative estimate of drug-likeness (QED) is 0.769. The molecule has 4 nitrogen and oxygen atoms in total. The zero-order valence-electron chi connectivity index (χ0n) is 8.55. The molecular weight excluding hydrogens is 263 g/mol. The maximum atomic E-state index is 11.8. The third kappa shape index (κ3) is 3.77. The predicted molar refractivity (Wildman–Crippen MR) is 53.0 cm³/mol. The molecule has 0 aromatic carbocycles. The third-order valence-corrected chi connectivity index (χ3v) is 2.01. The van der Waals surface area contributed by atoms with Crippen LogP contribution in [0.4, 0.5) is 13.2 Å². The van der Waals surface area contributed by atoms with Gasteiger partial charge in [0.25, 0.3) is 5.56 Å². The van der Waals surface area contributed by atoms with Crippen molar-refractivity contribution in [3.05, 3.63) is 33.2 Å². The van der Waals surface area contributed by atoms with E-state index in [4.69, 9.17) is 11.6 Å². The summed E-state index contributed by atoms with van der Waals surface area (Å²) in [5, 5.41) is -0.269. The summed E-state index contributed by atoms with van der Waals surface area (Å²) in [5.74, 6) is -1.19. The van der Waals surface area contributed by atoms with E-state index in [1.54, 1.807) is 0 Å². The van der Waals surface area contributed by atoms with Gasteiger partial charge in [-0.1, -0.05) is 11.6 Å². The molecule has 0 bridgehead atoms. The van der Waals surface area contributed by atoms with Crippen molar-refractivity contribution in [3.8, 4) is 0 Å². The second-order valence-corrected chi connectivity index (χ2v) is 3.59. The predicted octanol–water partition coefficient (Wildman–Crippen LogP) is 1.76. The Bertz CT molecular complexity index is 469. The summed E-state index contributed by atoms with van der Waals surface area (Å²) in [6.07, 6.45) is -3.55. The fourth-order valence-electron chi connectivity index (χ4n) is 1.01. The minimum atomic E-state index is -4.60. The van der Waals surface area contributed by atoms with E-state index in [-0.39, 0.29) is 10.6 Å². The Morgan fingerprint density at radius 3 is 2.59 bits per heavy atom. The fraction of sp³-hybridized carbons (Fsp3) is 0.333. The number of hydrogen-bond donors (Lipinski definition) is 0. The molecule has 17 heavy (non-hydrogen) atoms. The normalized spacial score (nSPS) is 11.4. The molecule has 1 aromatic rings. The minimum absolute atomic E-state index is 0.221. The SMILES string of the molecule is Cn1cc(C(=O)OCC(F)(F)F)cc(Cl)c1=O. The number of rotatable bonds is 2. The summed E-state index contributed by atoms with van der Waals surface area (Å²) in [4.78, 5) is 22.4. The van der Waals surface area contributed by atoms with Gasteiger partial charge in [-0.15, -0.1) is 0 Å². The molecule has 8 heteroatoms. The average Bonchev–Trinajstić information content (AvgIpc) is 2.20. The molecule has 0 unspecified atom stereocenters. The topological polar surface area (TPSA) is 48.3 Å². The summed E-state index contributed by atoms with van der Waals surface area (Å²) < 4.78 is 40.4. The first kappa shape index (κ1) is 13.6. The maximum Gasteiger partial charge on any atom is 0.422 e. The van der Waals surface area contributed by atoms with E-state index < -0.39 is 24.3 Å². The number of aryl methyl sites for hydroxylation is 1. The number of halogens is 4. The summed E-state index contributed by atoms with van der Waals surface area (Å²) in [6.45, 7) is -1.69. The van der Waals surface area contributed by atoms with Crippen LogP contribution in [0, 0.1) is 0 Å². The van der Waals surface area contributed by atoms with Crippen LogP contribution in [0.1, 0.15) is 10.4 Å². The second-order valence-electron chi connectivity index (χ2n) is 3.18. The van der Waals surface area contributed by atoms with Crippen LogP contribution in [-0.4, -0.2) is 23.3 Å². The molecular formula is C9H7ClF3NO3. The van der Waals surface area contributed by atoms with Crippen molar-refractivity contribution in [1.82, 2.24) is 4.57 Å². The van der Waals surface area contributed by atoms with Gasteiger partial charge in [0.05, 0.1) is 5.56 Å². The molecule has 0 aliphatic heterocycles. The highest BCUT2D eigenvalue weighted by Crippen LogP contribution is 2.16. The van der Waals surface area contributed by atoms with Gasteiger partial charge in [0.1, 0.15) is 5.02 Å². The number of nitrogens with zero attached hydrogens (tertiary/aromatic N) is 1. The molecule has 1 heterocycles. The lowest BCUT2D eigenvalue weighted by atomic mass is 10.3. The lowest BCUT2D eigenvalue weighted by Gasteiger charge is -2.08. The average molecular weight is 270 g/mol. The fourth-order valence-corrected chi connectivity index (χ4v) is 1.26. The number of hydrogen-bond acceptors (Lipinski definition) is 3.